The zero-order valence-electron chi connectivity index (χ0n) is 15.6. The SMILES string of the molecule is CN=C(NCc1ccc(F)cc1CSC)NCC(OC)C(C)(C)C. The summed E-state index contributed by atoms with van der Waals surface area (Å²) in [6.45, 7) is 7.70. The monoisotopic (exact) mass is 355 g/mol. The lowest BCUT2D eigenvalue weighted by molar-refractivity contribution is 0.0205. The predicted molar refractivity (Wildman–Crippen MR) is 102 cm³/mol. The molecule has 0 fully saturated rings. The third-order valence-corrected chi connectivity index (χ3v) is 4.44. The molecule has 4 nitrogen and oxygen atoms in total. The van der Waals surface area contributed by atoms with Crippen LogP contribution in [0.2, 0.25) is 0 Å². The molecule has 1 rings (SSSR count). The van der Waals surface area contributed by atoms with Crippen LogP contribution in [0.5, 0.6) is 0 Å². The molecule has 0 heterocycles. The first-order chi connectivity index (χ1) is 11.3. The van der Waals surface area contributed by atoms with Gasteiger partial charge < -0.3 is 15.4 Å². The molecule has 0 aliphatic heterocycles. The summed E-state index contributed by atoms with van der Waals surface area (Å²) in [6.07, 6.45) is 2.09. The molecule has 6 heteroatoms. The fraction of sp³-hybridized carbons (Fsp3) is 0.611. The van der Waals surface area contributed by atoms with Crippen molar-refractivity contribution in [2.75, 3.05) is 27.0 Å². The second-order valence-corrected chi connectivity index (χ2v) is 7.61. The van der Waals surface area contributed by atoms with Crippen LogP contribution >= 0.6 is 11.8 Å². The highest BCUT2D eigenvalue weighted by Crippen LogP contribution is 2.21. The Hall–Kier alpha value is -1.27. The van der Waals surface area contributed by atoms with Crippen LogP contribution in [-0.4, -0.2) is 39.0 Å². The van der Waals surface area contributed by atoms with Gasteiger partial charge in [0.25, 0.3) is 0 Å². The van der Waals surface area contributed by atoms with Gasteiger partial charge in [-0.2, -0.15) is 11.8 Å². The number of ether oxygens (including phenoxy) is 1. The molecular formula is C18H30FN3OS. The first-order valence-electron chi connectivity index (χ1n) is 8.05. The Morgan fingerprint density at radius 1 is 1.29 bits per heavy atom. The highest BCUT2D eigenvalue weighted by atomic mass is 32.2. The summed E-state index contributed by atoms with van der Waals surface area (Å²) in [5.74, 6) is 1.30. The number of nitrogens with one attached hydrogen (secondary N) is 2. The van der Waals surface area contributed by atoms with Crippen molar-refractivity contribution in [1.82, 2.24) is 10.6 Å². The van der Waals surface area contributed by atoms with Crippen molar-refractivity contribution >= 4 is 17.7 Å². The van der Waals surface area contributed by atoms with Crippen LogP contribution in [0.1, 0.15) is 31.9 Å². The molecule has 0 amide bonds. The van der Waals surface area contributed by atoms with Crippen LogP contribution in [0, 0.1) is 11.2 Å². The molecule has 0 aliphatic carbocycles. The van der Waals surface area contributed by atoms with E-state index in [1.165, 1.54) is 6.07 Å². The molecule has 0 aliphatic rings. The number of guanidine groups is 1. The van der Waals surface area contributed by atoms with Gasteiger partial charge in [0.2, 0.25) is 0 Å². The van der Waals surface area contributed by atoms with E-state index in [9.17, 15) is 4.39 Å². The molecule has 2 N–H and O–H groups in total. The Kier molecular flexibility index (Phi) is 8.56. The second kappa shape index (κ2) is 9.89. The van der Waals surface area contributed by atoms with E-state index in [-0.39, 0.29) is 17.3 Å². The van der Waals surface area contributed by atoms with E-state index >= 15 is 0 Å². The van der Waals surface area contributed by atoms with E-state index in [1.807, 2.05) is 12.3 Å². The number of hydrogen-bond donors (Lipinski definition) is 2. The van der Waals surface area contributed by atoms with Gasteiger partial charge in [-0.25, -0.2) is 4.39 Å². The first kappa shape index (κ1) is 20.8. The Bertz CT molecular complexity index is 544. The summed E-state index contributed by atoms with van der Waals surface area (Å²) in [6, 6.07) is 4.93. The number of thioether (sulfide) groups is 1. The smallest absolute Gasteiger partial charge is 0.191 e. The zero-order valence-corrected chi connectivity index (χ0v) is 16.4. The molecule has 24 heavy (non-hydrogen) atoms. The van der Waals surface area contributed by atoms with E-state index in [0.29, 0.717) is 19.0 Å². The van der Waals surface area contributed by atoms with Gasteiger partial charge in [0.15, 0.2) is 5.96 Å². The Balaban J connectivity index is 2.65. The lowest BCUT2D eigenvalue weighted by Crippen LogP contribution is -2.45. The summed E-state index contributed by atoms with van der Waals surface area (Å²) >= 11 is 1.68. The number of hydrogen-bond acceptors (Lipinski definition) is 3. The highest BCUT2D eigenvalue weighted by Gasteiger charge is 2.24. The third kappa shape index (κ3) is 6.69. The van der Waals surface area contributed by atoms with E-state index in [1.54, 1.807) is 32.0 Å². The van der Waals surface area contributed by atoms with Crippen molar-refractivity contribution in [2.45, 2.75) is 39.2 Å². The fourth-order valence-corrected chi connectivity index (χ4v) is 2.97. The molecule has 0 aromatic heterocycles. The van der Waals surface area contributed by atoms with Gasteiger partial charge in [-0.15, -0.1) is 0 Å². The van der Waals surface area contributed by atoms with E-state index < -0.39 is 0 Å². The summed E-state index contributed by atoms with van der Waals surface area (Å²) in [4.78, 5) is 4.24. The minimum absolute atomic E-state index is 0.0447. The summed E-state index contributed by atoms with van der Waals surface area (Å²) in [7, 11) is 3.46. The van der Waals surface area contributed by atoms with Crippen molar-refractivity contribution in [2.24, 2.45) is 10.4 Å². The van der Waals surface area contributed by atoms with Crippen LogP contribution < -0.4 is 10.6 Å². The first-order valence-corrected chi connectivity index (χ1v) is 9.44. The zero-order chi connectivity index (χ0) is 18.2. The number of benzene rings is 1. The van der Waals surface area contributed by atoms with Crippen LogP contribution in [0.25, 0.3) is 0 Å². The molecule has 0 spiro atoms. The molecule has 0 saturated carbocycles. The molecule has 1 aromatic carbocycles. The average molecular weight is 356 g/mol. The van der Waals surface area contributed by atoms with E-state index in [4.69, 9.17) is 4.74 Å². The van der Waals surface area contributed by atoms with Crippen LogP contribution in [0.3, 0.4) is 0 Å². The number of nitrogens with zero attached hydrogens (tertiary/aromatic N) is 1. The molecule has 1 aromatic rings. The Morgan fingerprint density at radius 3 is 2.54 bits per heavy atom. The predicted octanol–water partition coefficient (Wildman–Crippen LogP) is 3.41. The van der Waals surface area contributed by atoms with Crippen LogP contribution in [-0.2, 0) is 17.0 Å². The molecule has 0 radical (unpaired) electrons. The minimum Gasteiger partial charge on any atom is -0.379 e. The number of rotatable bonds is 7. The maximum Gasteiger partial charge on any atom is 0.191 e. The molecular weight excluding hydrogens is 325 g/mol. The lowest BCUT2D eigenvalue weighted by atomic mass is 9.89. The molecule has 1 unspecified atom stereocenters. The number of aliphatic imine (C=N–C) groups is 1. The summed E-state index contributed by atoms with van der Waals surface area (Å²) < 4.78 is 19.0. The summed E-state index contributed by atoms with van der Waals surface area (Å²) in [5.41, 5.74) is 2.13. The molecule has 0 bridgehead atoms. The van der Waals surface area contributed by atoms with Gasteiger partial charge in [-0.3, -0.25) is 4.99 Å². The average Bonchev–Trinajstić information content (AvgIpc) is 2.51. The van der Waals surface area contributed by atoms with Crippen molar-refractivity contribution in [1.29, 1.82) is 0 Å². The molecule has 0 saturated heterocycles. The largest absolute Gasteiger partial charge is 0.379 e. The van der Waals surface area contributed by atoms with Crippen molar-refractivity contribution < 1.29 is 9.13 Å². The van der Waals surface area contributed by atoms with Crippen LogP contribution in [0.15, 0.2) is 23.2 Å². The standard InChI is InChI=1S/C18H30FN3OS/c1-18(2,3)16(23-5)11-22-17(20-4)21-10-13-7-8-15(19)9-14(13)12-24-6/h7-9,16H,10-12H2,1-6H3,(H2,20,21,22). The van der Waals surface area contributed by atoms with Crippen molar-refractivity contribution in [3.05, 3.63) is 35.1 Å². The molecule has 136 valence electrons. The van der Waals surface area contributed by atoms with Gasteiger partial charge in [0.05, 0.1) is 6.10 Å². The normalized spacial score (nSPS) is 13.7. The Morgan fingerprint density at radius 2 is 2.00 bits per heavy atom. The Labute approximate surface area is 149 Å². The quantitative estimate of drug-likeness (QED) is 0.581. The van der Waals surface area contributed by atoms with Gasteiger partial charge in [0.1, 0.15) is 5.82 Å². The molecule has 1 atom stereocenters. The minimum atomic E-state index is -0.196. The van der Waals surface area contributed by atoms with Crippen molar-refractivity contribution in [3.63, 3.8) is 0 Å². The maximum atomic E-state index is 13.4. The van der Waals surface area contributed by atoms with Gasteiger partial charge in [-0.05, 0) is 34.9 Å². The van der Waals surface area contributed by atoms with Gasteiger partial charge >= 0.3 is 0 Å². The number of halogens is 1. The van der Waals surface area contributed by atoms with Crippen LogP contribution in [0.4, 0.5) is 4.39 Å². The topological polar surface area (TPSA) is 45.7 Å². The highest BCUT2D eigenvalue weighted by molar-refractivity contribution is 7.97. The summed E-state index contributed by atoms with van der Waals surface area (Å²) in [5, 5.41) is 6.58. The fourth-order valence-electron chi connectivity index (χ4n) is 2.39. The second-order valence-electron chi connectivity index (χ2n) is 6.74. The van der Waals surface area contributed by atoms with E-state index in [0.717, 1.165) is 16.9 Å². The third-order valence-electron chi connectivity index (χ3n) is 3.84. The number of methoxy groups -OCH3 is 1. The maximum absolute atomic E-state index is 13.4. The lowest BCUT2D eigenvalue weighted by Gasteiger charge is -2.30. The van der Waals surface area contributed by atoms with Gasteiger partial charge in [-0.1, -0.05) is 26.8 Å². The van der Waals surface area contributed by atoms with E-state index in [2.05, 4.69) is 36.4 Å². The van der Waals surface area contributed by atoms with Crippen molar-refractivity contribution in [3.8, 4) is 0 Å². The van der Waals surface area contributed by atoms with Gasteiger partial charge in [0, 0.05) is 33.0 Å².